The van der Waals surface area contributed by atoms with Crippen LogP contribution in [-0.4, -0.2) is 23.7 Å². The Balaban J connectivity index is 2.19. The molecular weight excluding hydrogens is 262 g/mol. The second kappa shape index (κ2) is 7.08. The number of nitrogens with one attached hydrogen (secondary N) is 1. The maximum absolute atomic E-state index is 13.0. The SMILES string of the molecule is CCC(CC)(C(=O)N[C@H](CCO)C1CC1)c1ccccc1. The Labute approximate surface area is 127 Å². The molecule has 0 unspecified atom stereocenters. The number of amides is 1. The molecule has 2 rings (SSSR count). The summed E-state index contributed by atoms with van der Waals surface area (Å²) in [5, 5.41) is 12.4. The number of aliphatic hydroxyl groups is 1. The summed E-state index contributed by atoms with van der Waals surface area (Å²) in [6, 6.07) is 10.2. The van der Waals surface area contributed by atoms with E-state index >= 15 is 0 Å². The van der Waals surface area contributed by atoms with Crippen LogP contribution in [0.15, 0.2) is 30.3 Å². The minimum absolute atomic E-state index is 0.115. The molecule has 1 amide bonds. The molecule has 3 nitrogen and oxygen atoms in total. The van der Waals surface area contributed by atoms with Gasteiger partial charge >= 0.3 is 0 Å². The molecule has 0 aromatic heterocycles. The van der Waals surface area contributed by atoms with Crippen LogP contribution in [-0.2, 0) is 10.2 Å². The monoisotopic (exact) mass is 289 g/mol. The molecule has 1 saturated carbocycles. The lowest BCUT2D eigenvalue weighted by molar-refractivity contribution is -0.128. The molecule has 1 aromatic rings. The molecule has 21 heavy (non-hydrogen) atoms. The van der Waals surface area contributed by atoms with Crippen molar-refractivity contribution in [1.29, 1.82) is 0 Å². The largest absolute Gasteiger partial charge is 0.396 e. The predicted octanol–water partition coefficient (Wildman–Crippen LogP) is 3.02. The van der Waals surface area contributed by atoms with Crippen LogP contribution in [0.4, 0.5) is 0 Å². The fourth-order valence-corrected chi connectivity index (χ4v) is 3.24. The van der Waals surface area contributed by atoms with E-state index in [-0.39, 0.29) is 18.6 Å². The summed E-state index contributed by atoms with van der Waals surface area (Å²) in [7, 11) is 0. The fourth-order valence-electron chi connectivity index (χ4n) is 3.24. The number of carbonyl (C=O) groups is 1. The van der Waals surface area contributed by atoms with Crippen molar-refractivity contribution >= 4 is 5.91 Å². The Morgan fingerprint density at radius 3 is 2.38 bits per heavy atom. The van der Waals surface area contributed by atoms with Gasteiger partial charge in [-0.2, -0.15) is 0 Å². The first-order valence-corrected chi connectivity index (χ1v) is 8.15. The highest BCUT2D eigenvalue weighted by atomic mass is 16.3. The van der Waals surface area contributed by atoms with Gasteiger partial charge in [0.25, 0.3) is 0 Å². The van der Waals surface area contributed by atoms with Crippen LogP contribution in [0.1, 0.15) is 51.5 Å². The summed E-state index contributed by atoms with van der Waals surface area (Å²) < 4.78 is 0. The maximum atomic E-state index is 13.0. The third kappa shape index (κ3) is 3.46. The zero-order valence-electron chi connectivity index (χ0n) is 13.1. The first-order chi connectivity index (χ1) is 10.2. The summed E-state index contributed by atoms with van der Waals surface area (Å²) in [6.07, 6.45) is 4.57. The summed E-state index contributed by atoms with van der Waals surface area (Å²) in [5.41, 5.74) is 0.634. The van der Waals surface area contributed by atoms with E-state index in [1.165, 1.54) is 12.8 Å². The van der Waals surface area contributed by atoms with Crippen molar-refractivity contribution in [3.63, 3.8) is 0 Å². The summed E-state index contributed by atoms with van der Waals surface area (Å²) in [5.74, 6) is 0.673. The van der Waals surface area contributed by atoms with E-state index in [9.17, 15) is 9.90 Å². The van der Waals surface area contributed by atoms with Crippen molar-refractivity contribution in [2.75, 3.05) is 6.61 Å². The van der Waals surface area contributed by atoms with Gasteiger partial charge in [-0.05, 0) is 43.6 Å². The first kappa shape index (κ1) is 16.0. The molecule has 1 atom stereocenters. The van der Waals surface area contributed by atoms with Gasteiger partial charge in [0.1, 0.15) is 0 Å². The molecule has 1 aliphatic carbocycles. The summed E-state index contributed by atoms with van der Waals surface area (Å²) in [6.45, 7) is 4.29. The van der Waals surface area contributed by atoms with E-state index in [2.05, 4.69) is 19.2 Å². The van der Waals surface area contributed by atoms with Crippen LogP contribution in [0.2, 0.25) is 0 Å². The van der Waals surface area contributed by atoms with Gasteiger partial charge in [-0.15, -0.1) is 0 Å². The third-order valence-corrected chi connectivity index (χ3v) is 4.92. The van der Waals surface area contributed by atoms with Crippen LogP contribution in [0.5, 0.6) is 0 Å². The van der Waals surface area contributed by atoms with Crippen LogP contribution < -0.4 is 5.32 Å². The molecule has 0 aliphatic heterocycles. The van der Waals surface area contributed by atoms with Gasteiger partial charge in [0, 0.05) is 12.6 Å². The van der Waals surface area contributed by atoms with Crippen molar-refractivity contribution in [3.05, 3.63) is 35.9 Å². The number of hydrogen-bond acceptors (Lipinski definition) is 2. The predicted molar refractivity (Wildman–Crippen MR) is 85.1 cm³/mol. The lowest BCUT2D eigenvalue weighted by Crippen LogP contribution is -2.48. The first-order valence-electron chi connectivity index (χ1n) is 8.15. The summed E-state index contributed by atoms with van der Waals surface area (Å²) in [4.78, 5) is 13.0. The normalized spacial score (nSPS) is 16.5. The average Bonchev–Trinajstić information content (AvgIpc) is 3.34. The molecule has 0 saturated heterocycles. The Morgan fingerprint density at radius 1 is 1.29 bits per heavy atom. The highest BCUT2D eigenvalue weighted by molar-refractivity contribution is 5.88. The molecule has 0 spiro atoms. The number of aliphatic hydroxyl groups excluding tert-OH is 1. The Kier molecular flexibility index (Phi) is 5.40. The van der Waals surface area contributed by atoms with Crippen molar-refractivity contribution in [2.45, 2.75) is 57.4 Å². The highest BCUT2D eigenvalue weighted by Crippen LogP contribution is 2.36. The van der Waals surface area contributed by atoms with Crippen molar-refractivity contribution in [2.24, 2.45) is 5.92 Å². The van der Waals surface area contributed by atoms with E-state index in [1.807, 2.05) is 30.3 Å². The molecule has 1 fully saturated rings. The van der Waals surface area contributed by atoms with E-state index in [4.69, 9.17) is 0 Å². The molecule has 3 heteroatoms. The highest BCUT2D eigenvalue weighted by Gasteiger charge is 2.40. The van der Waals surface area contributed by atoms with Gasteiger partial charge in [0.2, 0.25) is 5.91 Å². The lowest BCUT2D eigenvalue weighted by atomic mass is 9.74. The quantitative estimate of drug-likeness (QED) is 0.773. The van der Waals surface area contributed by atoms with Gasteiger partial charge in [0.05, 0.1) is 5.41 Å². The molecule has 2 N–H and O–H groups in total. The molecular formula is C18H27NO2. The number of rotatable bonds is 8. The van der Waals surface area contributed by atoms with Crippen LogP contribution >= 0.6 is 0 Å². The molecule has 1 aromatic carbocycles. The van der Waals surface area contributed by atoms with Gasteiger partial charge in [0.15, 0.2) is 0 Å². The zero-order chi connectivity index (χ0) is 15.3. The van der Waals surface area contributed by atoms with E-state index in [0.29, 0.717) is 12.3 Å². The van der Waals surface area contributed by atoms with Crippen molar-refractivity contribution in [1.82, 2.24) is 5.32 Å². The second-order valence-corrected chi connectivity index (χ2v) is 6.08. The number of benzene rings is 1. The minimum Gasteiger partial charge on any atom is -0.396 e. The average molecular weight is 289 g/mol. The summed E-state index contributed by atoms with van der Waals surface area (Å²) >= 11 is 0. The topological polar surface area (TPSA) is 49.3 Å². The van der Waals surface area contributed by atoms with Crippen LogP contribution in [0, 0.1) is 5.92 Å². The zero-order valence-corrected chi connectivity index (χ0v) is 13.1. The van der Waals surface area contributed by atoms with Gasteiger partial charge < -0.3 is 10.4 Å². The van der Waals surface area contributed by atoms with E-state index in [0.717, 1.165) is 18.4 Å². The van der Waals surface area contributed by atoms with Crippen LogP contribution in [0.25, 0.3) is 0 Å². The Hall–Kier alpha value is -1.35. The smallest absolute Gasteiger partial charge is 0.230 e. The fraction of sp³-hybridized carbons (Fsp3) is 0.611. The number of hydrogen-bond donors (Lipinski definition) is 2. The molecule has 0 radical (unpaired) electrons. The standard InChI is InChI=1S/C18H27NO2/c1-3-18(4-2,15-8-6-5-7-9-15)17(21)19-16(12-13-20)14-10-11-14/h5-9,14,16,20H,3-4,10-13H2,1-2H3,(H,19,21)/t16-/m1/s1. The van der Waals surface area contributed by atoms with Gasteiger partial charge in [-0.3, -0.25) is 4.79 Å². The maximum Gasteiger partial charge on any atom is 0.230 e. The van der Waals surface area contributed by atoms with E-state index in [1.54, 1.807) is 0 Å². The Bertz CT molecular complexity index is 450. The molecule has 1 aliphatic rings. The second-order valence-electron chi connectivity index (χ2n) is 6.08. The van der Waals surface area contributed by atoms with Crippen molar-refractivity contribution < 1.29 is 9.90 Å². The van der Waals surface area contributed by atoms with Crippen molar-refractivity contribution in [3.8, 4) is 0 Å². The lowest BCUT2D eigenvalue weighted by Gasteiger charge is -2.33. The minimum atomic E-state index is -0.455. The Morgan fingerprint density at radius 2 is 1.90 bits per heavy atom. The third-order valence-electron chi connectivity index (χ3n) is 4.92. The van der Waals surface area contributed by atoms with Gasteiger partial charge in [-0.1, -0.05) is 44.2 Å². The van der Waals surface area contributed by atoms with E-state index < -0.39 is 5.41 Å². The molecule has 0 heterocycles. The molecule has 0 bridgehead atoms. The van der Waals surface area contributed by atoms with Crippen LogP contribution in [0.3, 0.4) is 0 Å². The number of carbonyl (C=O) groups excluding carboxylic acids is 1. The molecule has 116 valence electrons. The van der Waals surface area contributed by atoms with Gasteiger partial charge in [-0.25, -0.2) is 0 Å².